The molecule has 0 aromatic heterocycles. The Balaban J connectivity index is 1.86. The number of rotatable bonds is 2. The molecule has 0 saturated carbocycles. The van der Waals surface area contributed by atoms with Crippen LogP contribution in [0.2, 0.25) is 0 Å². The highest BCUT2D eigenvalue weighted by atomic mass is 16.1. The lowest BCUT2D eigenvalue weighted by molar-refractivity contribution is 0.0979. The van der Waals surface area contributed by atoms with E-state index >= 15 is 0 Å². The maximum atomic E-state index is 14.1. The zero-order chi connectivity index (χ0) is 22.5. The summed E-state index contributed by atoms with van der Waals surface area (Å²) in [5.41, 5.74) is 6.35. The minimum atomic E-state index is -0.0925. The summed E-state index contributed by atoms with van der Waals surface area (Å²) in [7, 11) is 0. The van der Waals surface area contributed by atoms with Gasteiger partial charge in [-0.15, -0.1) is 0 Å². The highest BCUT2D eigenvalue weighted by Crippen LogP contribution is 2.46. The van der Waals surface area contributed by atoms with Gasteiger partial charge in [0.1, 0.15) is 0 Å². The number of carbonyl (C=O) groups is 2. The number of benzene rings is 5. The molecule has 0 spiro atoms. The lowest BCUT2D eigenvalue weighted by Gasteiger charge is -2.26. The van der Waals surface area contributed by atoms with Crippen LogP contribution in [0.5, 0.6) is 0 Å². The zero-order valence-corrected chi connectivity index (χ0v) is 18.1. The van der Waals surface area contributed by atoms with Crippen LogP contribution < -0.4 is 0 Å². The highest BCUT2D eigenvalue weighted by molar-refractivity contribution is 6.35. The molecule has 6 rings (SSSR count). The molecule has 33 heavy (non-hydrogen) atoms. The third kappa shape index (κ3) is 2.81. The summed E-state index contributed by atoms with van der Waals surface area (Å²) >= 11 is 0. The van der Waals surface area contributed by atoms with Gasteiger partial charge in [0.25, 0.3) is 0 Å². The summed E-state index contributed by atoms with van der Waals surface area (Å²) < 4.78 is 0. The molecule has 0 saturated heterocycles. The van der Waals surface area contributed by atoms with Crippen molar-refractivity contribution in [1.82, 2.24) is 0 Å². The predicted molar refractivity (Wildman–Crippen MR) is 133 cm³/mol. The minimum absolute atomic E-state index is 0.0838. The summed E-state index contributed by atoms with van der Waals surface area (Å²) in [4.78, 5) is 28.2. The number of hydrogen-bond acceptors (Lipinski definition) is 2. The molecule has 5 aromatic carbocycles. The van der Waals surface area contributed by atoms with Crippen LogP contribution in [0.3, 0.4) is 0 Å². The fourth-order valence-electron chi connectivity index (χ4n) is 5.12. The Hall–Kier alpha value is -4.30. The first-order valence-corrected chi connectivity index (χ1v) is 11.1. The van der Waals surface area contributed by atoms with Crippen molar-refractivity contribution >= 4 is 22.3 Å². The summed E-state index contributed by atoms with van der Waals surface area (Å²) in [5, 5.41) is 1.94. The maximum Gasteiger partial charge on any atom is 0.195 e. The average molecular weight is 424 g/mol. The lowest BCUT2D eigenvalue weighted by atomic mass is 9.74. The van der Waals surface area contributed by atoms with Crippen LogP contribution in [0.15, 0.2) is 103 Å². The quantitative estimate of drug-likeness (QED) is 0.293. The minimum Gasteiger partial charge on any atom is -0.289 e. The molecule has 0 unspecified atom stereocenters. The van der Waals surface area contributed by atoms with Crippen LogP contribution in [0, 0.1) is 6.92 Å². The second kappa shape index (κ2) is 7.39. The smallest absolute Gasteiger partial charge is 0.195 e. The van der Waals surface area contributed by atoms with E-state index < -0.39 is 0 Å². The van der Waals surface area contributed by atoms with Gasteiger partial charge >= 0.3 is 0 Å². The normalized spacial score (nSPS) is 12.5. The van der Waals surface area contributed by atoms with E-state index in [0.29, 0.717) is 22.3 Å². The average Bonchev–Trinajstić information content (AvgIpc) is 2.86. The van der Waals surface area contributed by atoms with Crippen molar-refractivity contribution < 1.29 is 9.59 Å². The Bertz CT molecular complexity index is 1580. The van der Waals surface area contributed by atoms with E-state index in [9.17, 15) is 9.59 Å². The van der Waals surface area contributed by atoms with E-state index in [2.05, 4.69) is 6.07 Å². The molecule has 5 aromatic rings. The Labute approximate surface area is 192 Å². The summed E-state index contributed by atoms with van der Waals surface area (Å²) in [5.74, 6) is -0.176. The van der Waals surface area contributed by atoms with Crippen molar-refractivity contribution in [2.45, 2.75) is 6.92 Å². The third-order valence-electron chi connectivity index (χ3n) is 6.54. The summed E-state index contributed by atoms with van der Waals surface area (Å²) in [6, 6.07) is 33.4. The molecule has 0 radical (unpaired) electrons. The Morgan fingerprint density at radius 2 is 0.909 bits per heavy atom. The number of carbonyl (C=O) groups excluding carboxylic acids is 2. The van der Waals surface area contributed by atoms with Gasteiger partial charge < -0.3 is 0 Å². The number of ketones is 2. The molecule has 0 fully saturated rings. The van der Waals surface area contributed by atoms with Gasteiger partial charge in [0.15, 0.2) is 11.6 Å². The molecule has 2 heteroatoms. The molecular weight excluding hydrogens is 404 g/mol. The van der Waals surface area contributed by atoms with Gasteiger partial charge in [0, 0.05) is 33.4 Å². The molecule has 0 amide bonds. The van der Waals surface area contributed by atoms with Crippen molar-refractivity contribution in [3.05, 3.63) is 131 Å². The molecule has 0 heterocycles. The van der Waals surface area contributed by atoms with Gasteiger partial charge in [0.05, 0.1) is 0 Å². The van der Waals surface area contributed by atoms with Crippen LogP contribution in [-0.4, -0.2) is 11.6 Å². The molecule has 0 atom stereocenters. The van der Waals surface area contributed by atoms with Crippen molar-refractivity contribution in [2.75, 3.05) is 0 Å². The second-order valence-electron chi connectivity index (χ2n) is 8.43. The first-order valence-electron chi connectivity index (χ1n) is 11.1. The second-order valence-corrected chi connectivity index (χ2v) is 8.43. The molecule has 1 aliphatic carbocycles. The molecule has 1 aliphatic rings. The van der Waals surface area contributed by atoms with Gasteiger partial charge in [-0.2, -0.15) is 0 Å². The van der Waals surface area contributed by atoms with Crippen LogP contribution >= 0.6 is 0 Å². The van der Waals surface area contributed by atoms with E-state index in [1.54, 1.807) is 6.07 Å². The molecule has 0 aliphatic heterocycles. The number of hydrogen-bond donors (Lipinski definition) is 0. The van der Waals surface area contributed by atoms with E-state index in [0.717, 1.165) is 38.6 Å². The fraction of sp³-hybridized carbons (Fsp3) is 0.0323. The van der Waals surface area contributed by atoms with Crippen LogP contribution in [0.1, 0.15) is 37.4 Å². The standard InChI is InChI=1S/C31H20O2/c1-19-11-10-18-24-25(19)31(33)29-27(21-14-6-3-7-15-21)23-17-9-8-16-22(23)26(28(29)30(24)32)20-12-4-2-5-13-20/h2-18H,1H3. The zero-order valence-electron chi connectivity index (χ0n) is 18.1. The maximum absolute atomic E-state index is 14.1. The van der Waals surface area contributed by atoms with Crippen LogP contribution in [0.25, 0.3) is 33.0 Å². The van der Waals surface area contributed by atoms with Crippen LogP contribution in [-0.2, 0) is 0 Å². The van der Waals surface area contributed by atoms with Crippen LogP contribution in [0.4, 0.5) is 0 Å². The molecule has 156 valence electrons. The van der Waals surface area contributed by atoms with Crippen molar-refractivity contribution in [3.8, 4) is 22.3 Å². The first kappa shape index (κ1) is 19.4. The van der Waals surface area contributed by atoms with E-state index in [-0.39, 0.29) is 11.6 Å². The molecule has 0 N–H and O–H groups in total. The lowest BCUT2D eigenvalue weighted by Crippen LogP contribution is -2.24. The third-order valence-corrected chi connectivity index (χ3v) is 6.54. The Morgan fingerprint density at radius 3 is 1.45 bits per heavy atom. The number of fused-ring (bicyclic) bond motifs is 3. The van der Waals surface area contributed by atoms with Gasteiger partial charge in [-0.3, -0.25) is 9.59 Å². The summed E-state index contributed by atoms with van der Waals surface area (Å²) in [6.07, 6.45) is 0. The first-order chi connectivity index (χ1) is 16.2. The van der Waals surface area contributed by atoms with E-state index in [1.807, 2.05) is 97.9 Å². The highest BCUT2D eigenvalue weighted by Gasteiger charge is 2.36. The number of aryl methyl sites for hydroxylation is 1. The summed E-state index contributed by atoms with van der Waals surface area (Å²) in [6.45, 7) is 1.90. The molecule has 2 nitrogen and oxygen atoms in total. The van der Waals surface area contributed by atoms with E-state index in [4.69, 9.17) is 0 Å². The fourth-order valence-corrected chi connectivity index (χ4v) is 5.12. The predicted octanol–water partition coefficient (Wildman–Crippen LogP) is 7.26. The van der Waals surface area contributed by atoms with Gasteiger partial charge in [0.2, 0.25) is 0 Å². The van der Waals surface area contributed by atoms with Gasteiger partial charge in [-0.25, -0.2) is 0 Å². The van der Waals surface area contributed by atoms with Gasteiger partial charge in [-0.05, 0) is 34.4 Å². The Morgan fingerprint density at radius 1 is 0.424 bits per heavy atom. The molecular formula is C31H20O2. The van der Waals surface area contributed by atoms with Crippen molar-refractivity contribution in [3.63, 3.8) is 0 Å². The topological polar surface area (TPSA) is 34.1 Å². The van der Waals surface area contributed by atoms with E-state index in [1.165, 1.54) is 0 Å². The van der Waals surface area contributed by atoms with Crippen molar-refractivity contribution in [1.29, 1.82) is 0 Å². The largest absolute Gasteiger partial charge is 0.289 e. The molecule has 0 bridgehead atoms. The Kier molecular flexibility index (Phi) is 4.34. The SMILES string of the molecule is Cc1cccc2c1C(=O)c1c(c(-c3ccccc3)c3ccccc3c1-c1ccccc1)C2=O. The van der Waals surface area contributed by atoms with Gasteiger partial charge in [-0.1, -0.05) is 103 Å². The van der Waals surface area contributed by atoms with Crippen molar-refractivity contribution in [2.24, 2.45) is 0 Å². The monoisotopic (exact) mass is 424 g/mol.